The molecule has 0 bridgehead atoms. The fourth-order valence-corrected chi connectivity index (χ4v) is 4.28. The van der Waals surface area contributed by atoms with Crippen LogP contribution in [0.4, 0.5) is 0 Å². The molecule has 0 saturated heterocycles. The van der Waals surface area contributed by atoms with Crippen LogP contribution in [0.5, 0.6) is 0 Å². The Balaban J connectivity index is 1.89. The van der Waals surface area contributed by atoms with Crippen molar-refractivity contribution in [1.82, 2.24) is 4.57 Å². The van der Waals surface area contributed by atoms with Crippen LogP contribution in [0.1, 0.15) is 43.7 Å². The number of Topliss-reactive ketones (excluding diaryl/α,β-unsaturated/α-hetero) is 1. The Labute approximate surface area is 159 Å². The Kier molecular flexibility index (Phi) is 4.69. The first-order chi connectivity index (χ1) is 12.7. The second-order valence-corrected chi connectivity index (χ2v) is 7.28. The number of aromatic nitrogens is 1. The van der Waals surface area contributed by atoms with Gasteiger partial charge in [-0.1, -0.05) is 54.9 Å². The van der Waals surface area contributed by atoms with E-state index in [1.807, 2.05) is 25.1 Å². The van der Waals surface area contributed by atoms with Crippen LogP contribution < -0.4 is 0 Å². The molecule has 1 aromatic heterocycles. The highest BCUT2D eigenvalue weighted by Gasteiger charge is 2.24. The average molecular weight is 364 g/mol. The number of ketones is 1. The van der Waals surface area contributed by atoms with E-state index >= 15 is 0 Å². The third-order valence-corrected chi connectivity index (χ3v) is 5.57. The standard InChI is InChI=1S/C23H22ClNO/c1-2-22(26)18-11-6-10-17(18)19-15-25(14-16-8-4-3-5-9-16)21-13-7-12-20(24)23(19)21/h3-5,7-9,12-13,15H,2,6,10-11,14H2,1H3. The molecule has 1 aliphatic carbocycles. The molecular formula is C23H22ClNO. The first-order valence-electron chi connectivity index (χ1n) is 9.26. The highest BCUT2D eigenvalue weighted by atomic mass is 35.5. The number of hydrogen-bond donors (Lipinski definition) is 0. The van der Waals surface area contributed by atoms with Crippen molar-refractivity contribution in [3.63, 3.8) is 0 Å². The number of carbonyl (C=O) groups is 1. The SMILES string of the molecule is CCC(=O)C1=C(c2cn(Cc3ccccc3)c3cccc(Cl)c23)CCC1. The molecule has 0 saturated carbocycles. The number of benzene rings is 2. The monoisotopic (exact) mass is 363 g/mol. The largest absolute Gasteiger partial charge is 0.342 e. The van der Waals surface area contributed by atoms with E-state index in [1.54, 1.807) is 0 Å². The molecule has 1 heterocycles. The second kappa shape index (κ2) is 7.13. The zero-order valence-electron chi connectivity index (χ0n) is 15.0. The molecule has 1 aliphatic rings. The normalized spacial score (nSPS) is 14.4. The minimum atomic E-state index is 0.272. The fraction of sp³-hybridized carbons (Fsp3) is 0.261. The van der Waals surface area contributed by atoms with E-state index in [2.05, 4.69) is 41.1 Å². The van der Waals surface area contributed by atoms with Gasteiger partial charge in [0.15, 0.2) is 5.78 Å². The minimum absolute atomic E-state index is 0.272. The van der Waals surface area contributed by atoms with E-state index in [0.29, 0.717) is 6.42 Å². The van der Waals surface area contributed by atoms with Gasteiger partial charge < -0.3 is 4.57 Å². The van der Waals surface area contributed by atoms with Gasteiger partial charge in [-0.2, -0.15) is 0 Å². The van der Waals surface area contributed by atoms with Gasteiger partial charge in [0.25, 0.3) is 0 Å². The minimum Gasteiger partial charge on any atom is -0.342 e. The third-order valence-electron chi connectivity index (χ3n) is 5.25. The van der Waals surface area contributed by atoms with Crippen LogP contribution in [-0.2, 0) is 11.3 Å². The van der Waals surface area contributed by atoms with Crippen LogP contribution >= 0.6 is 11.6 Å². The van der Waals surface area contributed by atoms with Crippen LogP contribution in [0.15, 0.2) is 60.3 Å². The molecule has 2 nitrogen and oxygen atoms in total. The highest BCUT2D eigenvalue weighted by molar-refractivity contribution is 6.36. The number of allylic oxidation sites excluding steroid dienone is 2. The predicted molar refractivity (Wildman–Crippen MR) is 109 cm³/mol. The van der Waals surface area contributed by atoms with Gasteiger partial charge in [-0.25, -0.2) is 0 Å². The summed E-state index contributed by atoms with van der Waals surface area (Å²) in [5.41, 5.74) is 5.71. The van der Waals surface area contributed by atoms with Crippen LogP contribution in [0.2, 0.25) is 5.02 Å². The molecule has 0 unspecified atom stereocenters. The summed E-state index contributed by atoms with van der Waals surface area (Å²) in [5.74, 6) is 0.272. The van der Waals surface area contributed by atoms with Gasteiger partial charge in [0.2, 0.25) is 0 Å². The summed E-state index contributed by atoms with van der Waals surface area (Å²) >= 11 is 6.60. The Bertz CT molecular complexity index is 998. The molecule has 3 heteroatoms. The summed E-state index contributed by atoms with van der Waals surface area (Å²) in [6, 6.07) is 16.5. The van der Waals surface area contributed by atoms with Crippen LogP contribution in [0.25, 0.3) is 16.5 Å². The molecule has 0 atom stereocenters. The lowest BCUT2D eigenvalue weighted by Crippen LogP contribution is -2.00. The molecule has 0 radical (unpaired) electrons. The predicted octanol–water partition coefficient (Wildman–Crippen LogP) is 6.26. The van der Waals surface area contributed by atoms with Crippen molar-refractivity contribution < 1.29 is 4.79 Å². The van der Waals surface area contributed by atoms with E-state index in [9.17, 15) is 4.79 Å². The zero-order chi connectivity index (χ0) is 18.1. The maximum Gasteiger partial charge on any atom is 0.158 e. The molecule has 0 aliphatic heterocycles. The maximum atomic E-state index is 12.4. The van der Waals surface area contributed by atoms with Crippen molar-refractivity contribution in [3.05, 3.63) is 76.5 Å². The molecule has 26 heavy (non-hydrogen) atoms. The van der Waals surface area contributed by atoms with E-state index in [4.69, 9.17) is 11.6 Å². The number of rotatable bonds is 5. The second-order valence-electron chi connectivity index (χ2n) is 6.88. The molecule has 0 N–H and O–H groups in total. The van der Waals surface area contributed by atoms with Gasteiger partial charge in [0.1, 0.15) is 0 Å². The highest BCUT2D eigenvalue weighted by Crippen LogP contribution is 2.41. The fourth-order valence-electron chi connectivity index (χ4n) is 4.01. The van der Waals surface area contributed by atoms with Gasteiger partial charge in [-0.3, -0.25) is 4.79 Å². The quantitative estimate of drug-likeness (QED) is 0.524. The summed E-state index contributed by atoms with van der Waals surface area (Å²) in [7, 11) is 0. The smallest absolute Gasteiger partial charge is 0.158 e. The van der Waals surface area contributed by atoms with Gasteiger partial charge in [-0.15, -0.1) is 0 Å². The van der Waals surface area contributed by atoms with Gasteiger partial charge in [0.05, 0.1) is 10.5 Å². The molecule has 4 rings (SSSR count). The molecule has 132 valence electrons. The molecule has 0 fully saturated rings. The van der Waals surface area contributed by atoms with Crippen molar-refractivity contribution in [3.8, 4) is 0 Å². The van der Waals surface area contributed by atoms with Crippen LogP contribution in [0.3, 0.4) is 0 Å². The van der Waals surface area contributed by atoms with Crippen molar-refractivity contribution in [1.29, 1.82) is 0 Å². The number of fused-ring (bicyclic) bond motifs is 1. The third kappa shape index (κ3) is 2.99. The number of hydrogen-bond acceptors (Lipinski definition) is 1. The lowest BCUT2D eigenvalue weighted by Gasteiger charge is -2.06. The van der Waals surface area contributed by atoms with Crippen molar-refractivity contribution >= 4 is 33.9 Å². The van der Waals surface area contributed by atoms with Gasteiger partial charge in [0, 0.05) is 30.1 Å². The lowest BCUT2D eigenvalue weighted by molar-refractivity contribution is -0.115. The molecule has 0 amide bonds. The van der Waals surface area contributed by atoms with Crippen molar-refractivity contribution in [2.24, 2.45) is 0 Å². The van der Waals surface area contributed by atoms with Crippen LogP contribution in [0, 0.1) is 0 Å². The summed E-state index contributed by atoms with van der Waals surface area (Å²) in [5, 5.41) is 1.83. The van der Waals surface area contributed by atoms with E-state index in [0.717, 1.165) is 52.9 Å². The van der Waals surface area contributed by atoms with Gasteiger partial charge >= 0.3 is 0 Å². The number of carbonyl (C=O) groups excluding carboxylic acids is 1. The van der Waals surface area contributed by atoms with E-state index in [1.165, 1.54) is 11.1 Å². The molecule has 2 aromatic carbocycles. The Morgan fingerprint density at radius 2 is 1.88 bits per heavy atom. The Hall–Kier alpha value is -2.32. The summed E-state index contributed by atoms with van der Waals surface area (Å²) < 4.78 is 2.26. The molecule has 3 aromatic rings. The first kappa shape index (κ1) is 17.1. The van der Waals surface area contributed by atoms with Crippen molar-refractivity contribution in [2.75, 3.05) is 0 Å². The van der Waals surface area contributed by atoms with Gasteiger partial charge in [-0.05, 0) is 48.1 Å². The summed E-state index contributed by atoms with van der Waals surface area (Å²) in [4.78, 5) is 12.4. The Morgan fingerprint density at radius 1 is 1.08 bits per heavy atom. The lowest BCUT2D eigenvalue weighted by atomic mass is 9.98. The summed E-state index contributed by atoms with van der Waals surface area (Å²) in [6.45, 7) is 2.74. The molecular weight excluding hydrogens is 342 g/mol. The topological polar surface area (TPSA) is 22.0 Å². The molecule has 0 spiro atoms. The number of halogens is 1. The number of nitrogens with zero attached hydrogens (tertiary/aromatic N) is 1. The van der Waals surface area contributed by atoms with Crippen LogP contribution in [-0.4, -0.2) is 10.4 Å². The first-order valence-corrected chi connectivity index (χ1v) is 9.63. The zero-order valence-corrected chi connectivity index (χ0v) is 15.7. The summed E-state index contributed by atoms with van der Waals surface area (Å²) in [6.07, 6.45) is 5.64. The van der Waals surface area contributed by atoms with E-state index < -0.39 is 0 Å². The maximum absolute atomic E-state index is 12.4. The Morgan fingerprint density at radius 3 is 2.65 bits per heavy atom. The average Bonchev–Trinajstić information content (AvgIpc) is 3.28. The van der Waals surface area contributed by atoms with E-state index in [-0.39, 0.29) is 5.78 Å². The van der Waals surface area contributed by atoms with Crippen molar-refractivity contribution in [2.45, 2.75) is 39.2 Å².